The topological polar surface area (TPSA) is 42.0 Å². The summed E-state index contributed by atoms with van der Waals surface area (Å²) in [5, 5.41) is 2.91. The van der Waals surface area contributed by atoms with E-state index in [1.165, 1.54) is 25.7 Å². The molecule has 0 aliphatic heterocycles. The summed E-state index contributed by atoms with van der Waals surface area (Å²) in [6, 6.07) is 3.70. The van der Waals surface area contributed by atoms with Gasteiger partial charge in [0, 0.05) is 12.6 Å². The molecule has 1 amide bonds. The summed E-state index contributed by atoms with van der Waals surface area (Å²) in [6.45, 7) is 2.27. The molecule has 17 heavy (non-hydrogen) atoms. The maximum atomic E-state index is 11.9. The maximum Gasteiger partial charge on any atom is 0.224 e. The zero-order chi connectivity index (χ0) is 12.1. The van der Waals surface area contributed by atoms with Crippen LogP contribution < -0.4 is 5.32 Å². The molecule has 1 aromatic heterocycles. The van der Waals surface area contributed by atoms with Gasteiger partial charge in [0.25, 0.3) is 0 Å². The molecule has 1 fully saturated rings. The van der Waals surface area contributed by atoms with Crippen LogP contribution in [0, 0.1) is 11.8 Å². The summed E-state index contributed by atoms with van der Waals surface area (Å²) in [5.74, 6) is 1.36. The van der Waals surface area contributed by atoms with Gasteiger partial charge in [-0.2, -0.15) is 0 Å². The number of hydrogen-bond acceptors (Lipinski definition) is 2. The third-order valence-corrected chi connectivity index (χ3v) is 3.68. The van der Waals surface area contributed by atoms with Gasteiger partial charge in [0.15, 0.2) is 0 Å². The van der Waals surface area contributed by atoms with Crippen LogP contribution in [0.4, 0.5) is 5.69 Å². The molecule has 0 saturated heterocycles. The SMILES string of the molecule is C[C@@H]1CCCC[C@@H]1CC(=O)Nc1cccnc1. The predicted molar refractivity (Wildman–Crippen MR) is 68.6 cm³/mol. The summed E-state index contributed by atoms with van der Waals surface area (Å²) in [5.41, 5.74) is 0.793. The lowest BCUT2D eigenvalue weighted by atomic mass is 9.78. The molecule has 0 spiro atoms. The Morgan fingerprint density at radius 1 is 1.47 bits per heavy atom. The number of carbonyl (C=O) groups is 1. The molecular formula is C14H20N2O. The molecule has 0 bridgehead atoms. The number of aromatic nitrogens is 1. The fraction of sp³-hybridized carbons (Fsp3) is 0.571. The Morgan fingerprint density at radius 2 is 2.29 bits per heavy atom. The second-order valence-corrected chi connectivity index (χ2v) is 5.02. The second-order valence-electron chi connectivity index (χ2n) is 5.02. The lowest BCUT2D eigenvalue weighted by molar-refractivity contribution is -0.117. The molecule has 2 atom stereocenters. The molecule has 1 heterocycles. The van der Waals surface area contributed by atoms with Crippen LogP contribution in [0.15, 0.2) is 24.5 Å². The Bertz CT molecular complexity index is 364. The number of nitrogens with one attached hydrogen (secondary N) is 1. The van der Waals surface area contributed by atoms with Gasteiger partial charge < -0.3 is 5.32 Å². The predicted octanol–water partition coefficient (Wildman–Crippen LogP) is 3.24. The lowest BCUT2D eigenvalue weighted by Gasteiger charge is -2.28. The summed E-state index contributed by atoms with van der Waals surface area (Å²) < 4.78 is 0. The zero-order valence-electron chi connectivity index (χ0n) is 10.4. The first-order valence-corrected chi connectivity index (χ1v) is 6.45. The standard InChI is InChI=1S/C14H20N2O/c1-11-5-2-3-6-12(11)9-14(17)16-13-7-4-8-15-10-13/h4,7-8,10-12H,2-3,5-6,9H2,1H3,(H,16,17)/t11-,12-/m1/s1. The maximum absolute atomic E-state index is 11.9. The van der Waals surface area contributed by atoms with Crippen LogP contribution in [0.25, 0.3) is 0 Å². The van der Waals surface area contributed by atoms with Gasteiger partial charge in [0.1, 0.15) is 0 Å². The minimum Gasteiger partial charge on any atom is -0.325 e. The number of anilines is 1. The van der Waals surface area contributed by atoms with Crippen LogP contribution in [-0.2, 0) is 4.79 Å². The fourth-order valence-electron chi connectivity index (χ4n) is 2.58. The van der Waals surface area contributed by atoms with E-state index in [1.807, 2.05) is 12.1 Å². The van der Waals surface area contributed by atoms with E-state index in [1.54, 1.807) is 12.4 Å². The quantitative estimate of drug-likeness (QED) is 0.869. The van der Waals surface area contributed by atoms with E-state index in [0.717, 1.165) is 5.69 Å². The van der Waals surface area contributed by atoms with Crippen molar-refractivity contribution in [2.75, 3.05) is 5.32 Å². The minimum atomic E-state index is 0.122. The van der Waals surface area contributed by atoms with Gasteiger partial charge in [-0.05, 0) is 30.4 Å². The van der Waals surface area contributed by atoms with Crippen LogP contribution in [0.1, 0.15) is 39.0 Å². The zero-order valence-corrected chi connectivity index (χ0v) is 10.4. The molecular weight excluding hydrogens is 212 g/mol. The van der Waals surface area contributed by atoms with Gasteiger partial charge in [-0.1, -0.05) is 26.2 Å². The molecule has 0 unspecified atom stereocenters. The Labute approximate surface area is 103 Å². The molecule has 3 heteroatoms. The highest BCUT2D eigenvalue weighted by atomic mass is 16.1. The van der Waals surface area contributed by atoms with Crippen molar-refractivity contribution in [1.82, 2.24) is 4.98 Å². The Morgan fingerprint density at radius 3 is 3.00 bits per heavy atom. The van der Waals surface area contributed by atoms with Crippen LogP contribution in [0.5, 0.6) is 0 Å². The average Bonchev–Trinajstić information content (AvgIpc) is 2.33. The normalized spacial score (nSPS) is 24.3. The van der Waals surface area contributed by atoms with E-state index in [4.69, 9.17) is 0 Å². The first-order chi connectivity index (χ1) is 8.25. The Balaban J connectivity index is 1.84. The van der Waals surface area contributed by atoms with Gasteiger partial charge in [0.2, 0.25) is 5.91 Å². The van der Waals surface area contributed by atoms with Crippen LogP contribution in [0.2, 0.25) is 0 Å². The Kier molecular flexibility index (Phi) is 4.13. The van der Waals surface area contributed by atoms with Crippen LogP contribution in [-0.4, -0.2) is 10.9 Å². The number of nitrogens with zero attached hydrogens (tertiary/aromatic N) is 1. The molecule has 1 aliphatic carbocycles. The van der Waals surface area contributed by atoms with Gasteiger partial charge in [-0.15, -0.1) is 0 Å². The van der Waals surface area contributed by atoms with Gasteiger partial charge >= 0.3 is 0 Å². The van der Waals surface area contributed by atoms with Crippen molar-refractivity contribution < 1.29 is 4.79 Å². The van der Waals surface area contributed by atoms with E-state index >= 15 is 0 Å². The molecule has 1 aromatic rings. The van der Waals surface area contributed by atoms with Crippen molar-refractivity contribution in [3.63, 3.8) is 0 Å². The molecule has 1 saturated carbocycles. The number of carbonyl (C=O) groups excluding carboxylic acids is 1. The Hall–Kier alpha value is -1.38. The van der Waals surface area contributed by atoms with E-state index in [-0.39, 0.29) is 5.91 Å². The van der Waals surface area contributed by atoms with Gasteiger partial charge in [-0.25, -0.2) is 0 Å². The molecule has 2 rings (SSSR count). The summed E-state index contributed by atoms with van der Waals surface area (Å²) in [7, 11) is 0. The molecule has 92 valence electrons. The summed E-state index contributed by atoms with van der Waals surface area (Å²) >= 11 is 0. The lowest BCUT2D eigenvalue weighted by Crippen LogP contribution is -2.23. The summed E-state index contributed by atoms with van der Waals surface area (Å²) in [6.07, 6.45) is 9.10. The smallest absolute Gasteiger partial charge is 0.224 e. The van der Waals surface area contributed by atoms with Gasteiger partial charge in [-0.3, -0.25) is 9.78 Å². The van der Waals surface area contributed by atoms with Crippen molar-refractivity contribution in [1.29, 1.82) is 0 Å². The van der Waals surface area contributed by atoms with E-state index in [2.05, 4.69) is 17.2 Å². The van der Waals surface area contributed by atoms with Gasteiger partial charge in [0.05, 0.1) is 11.9 Å². The number of amides is 1. The molecule has 1 aliphatic rings. The number of rotatable bonds is 3. The third-order valence-electron chi connectivity index (χ3n) is 3.68. The van der Waals surface area contributed by atoms with Crippen LogP contribution in [0.3, 0.4) is 0 Å². The van der Waals surface area contributed by atoms with E-state index < -0.39 is 0 Å². The molecule has 0 radical (unpaired) electrons. The monoisotopic (exact) mass is 232 g/mol. The number of pyridine rings is 1. The van der Waals surface area contributed by atoms with Crippen molar-refractivity contribution in [3.05, 3.63) is 24.5 Å². The number of hydrogen-bond donors (Lipinski definition) is 1. The summed E-state index contributed by atoms with van der Waals surface area (Å²) in [4.78, 5) is 15.9. The van der Waals surface area contributed by atoms with Crippen molar-refractivity contribution in [2.45, 2.75) is 39.0 Å². The van der Waals surface area contributed by atoms with Crippen molar-refractivity contribution in [3.8, 4) is 0 Å². The van der Waals surface area contributed by atoms with Crippen LogP contribution >= 0.6 is 0 Å². The molecule has 0 aromatic carbocycles. The molecule has 1 N–H and O–H groups in total. The highest BCUT2D eigenvalue weighted by molar-refractivity contribution is 5.90. The fourth-order valence-corrected chi connectivity index (χ4v) is 2.58. The van der Waals surface area contributed by atoms with E-state index in [9.17, 15) is 4.79 Å². The highest BCUT2D eigenvalue weighted by Crippen LogP contribution is 2.31. The van der Waals surface area contributed by atoms with Crippen molar-refractivity contribution >= 4 is 11.6 Å². The second kappa shape index (κ2) is 5.80. The molecule has 3 nitrogen and oxygen atoms in total. The minimum absolute atomic E-state index is 0.122. The highest BCUT2D eigenvalue weighted by Gasteiger charge is 2.23. The largest absolute Gasteiger partial charge is 0.325 e. The average molecular weight is 232 g/mol. The first kappa shape index (κ1) is 12.1. The van der Waals surface area contributed by atoms with Crippen molar-refractivity contribution in [2.24, 2.45) is 11.8 Å². The third kappa shape index (κ3) is 3.55. The van der Waals surface area contributed by atoms with E-state index in [0.29, 0.717) is 18.3 Å². The first-order valence-electron chi connectivity index (χ1n) is 6.45.